The second kappa shape index (κ2) is 4.21. The van der Waals surface area contributed by atoms with E-state index in [0.717, 1.165) is 0 Å². The van der Waals surface area contributed by atoms with Crippen LogP contribution >= 0.6 is 0 Å². The first kappa shape index (κ1) is 10.5. The van der Waals surface area contributed by atoms with Crippen LogP contribution in [-0.2, 0) is 14.8 Å². The average Bonchev–Trinajstić information content (AvgIpc) is 2.31. The molecule has 1 aliphatic rings. The van der Waals surface area contributed by atoms with Crippen molar-refractivity contribution < 1.29 is 13.2 Å². The summed E-state index contributed by atoms with van der Waals surface area (Å²) in [5.74, 6) is 0. The molecule has 82 valence electrons. The van der Waals surface area contributed by atoms with Crippen molar-refractivity contribution in [2.75, 3.05) is 26.3 Å². The van der Waals surface area contributed by atoms with Crippen molar-refractivity contribution >= 4 is 10.0 Å². The highest BCUT2D eigenvalue weighted by Gasteiger charge is 2.26. The number of sulfonamides is 1. The molecular formula is C8H11N3O3S. The highest BCUT2D eigenvalue weighted by atomic mass is 32.2. The molecule has 0 radical (unpaired) electrons. The van der Waals surface area contributed by atoms with Gasteiger partial charge in [-0.1, -0.05) is 0 Å². The fraction of sp³-hybridized carbons (Fsp3) is 0.500. The predicted molar refractivity (Wildman–Crippen MR) is 51.6 cm³/mol. The molecule has 0 spiro atoms. The number of morpholine rings is 1. The van der Waals surface area contributed by atoms with Gasteiger partial charge in [0.2, 0.25) is 10.0 Å². The molecule has 0 atom stereocenters. The lowest BCUT2D eigenvalue weighted by Gasteiger charge is -2.25. The first-order chi connectivity index (χ1) is 7.21. The molecule has 1 aromatic rings. The molecule has 0 amide bonds. The van der Waals surface area contributed by atoms with Crippen LogP contribution in [0, 0.1) is 0 Å². The molecule has 0 aliphatic carbocycles. The summed E-state index contributed by atoms with van der Waals surface area (Å²) in [5, 5.41) is 0. The molecule has 0 unspecified atom stereocenters. The van der Waals surface area contributed by atoms with Gasteiger partial charge in [0.15, 0.2) is 0 Å². The van der Waals surface area contributed by atoms with Crippen LogP contribution in [0.15, 0.2) is 23.6 Å². The van der Waals surface area contributed by atoms with Crippen LogP contribution in [0.3, 0.4) is 0 Å². The molecule has 6 nitrogen and oxygen atoms in total. The van der Waals surface area contributed by atoms with Crippen molar-refractivity contribution in [3.63, 3.8) is 0 Å². The van der Waals surface area contributed by atoms with Crippen LogP contribution in [0.5, 0.6) is 0 Å². The standard InChI is InChI=1S/C8H11N3O3S/c12-15(13,8-5-9-7-10-6-8)11-1-3-14-4-2-11/h5-7H,1-4H2. The summed E-state index contributed by atoms with van der Waals surface area (Å²) in [4.78, 5) is 7.53. The van der Waals surface area contributed by atoms with Gasteiger partial charge in [-0.15, -0.1) is 0 Å². The van der Waals surface area contributed by atoms with E-state index in [9.17, 15) is 8.42 Å². The van der Waals surface area contributed by atoms with Gasteiger partial charge in [0.25, 0.3) is 0 Å². The smallest absolute Gasteiger partial charge is 0.246 e. The summed E-state index contributed by atoms with van der Waals surface area (Å²) in [5.41, 5.74) is 0. The van der Waals surface area contributed by atoms with Gasteiger partial charge in [-0.2, -0.15) is 4.31 Å². The van der Waals surface area contributed by atoms with Crippen LogP contribution in [-0.4, -0.2) is 49.0 Å². The third-order valence-electron chi connectivity index (χ3n) is 2.14. The Kier molecular flexibility index (Phi) is 2.94. The Bertz CT molecular complexity index is 414. The number of hydrogen-bond acceptors (Lipinski definition) is 5. The summed E-state index contributed by atoms with van der Waals surface area (Å²) in [6.07, 6.45) is 3.91. The van der Waals surface area contributed by atoms with E-state index in [0.29, 0.717) is 26.3 Å². The van der Waals surface area contributed by atoms with E-state index in [2.05, 4.69) is 9.97 Å². The molecule has 1 aliphatic heterocycles. The van der Waals surface area contributed by atoms with Crippen molar-refractivity contribution in [1.82, 2.24) is 14.3 Å². The maximum absolute atomic E-state index is 12.0. The van der Waals surface area contributed by atoms with Gasteiger partial charge in [0, 0.05) is 13.1 Å². The van der Waals surface area contributed by atoms with E-state index in [4.69, 9.17) is 4.74 Å². The van der Waals surface area contributed by atoms with Gasteiger partial charge in [-0.25, -0.2) is 18.4 Å². The normalized spacial score (nSPS) is 18.9. The second-order valence-corrected chi connectivity index (χ2v) is 5.03. The van der Waals surface area contributed by atoms with E-state index in [1.165, 1.54) is 23.0 Å². The lowest BCUT2D eigenvalue weighted by Crippen LogP contribution is -2.40. The van der Waals surface area contributed by atoms with E-state index >= 15 is 0 Å². The maximum atomic E-state index is 12.0. The van der Waals surface area contributed by atoms with Crippen molar-refractivity contribution in [2.24, 2.45) is 0 Å². The SMILES string of the molecule is O=S(=O)(c1cncnc1)N1CCOCC1. The molecule has 0 saturated carbocycles. The van der Waals surface area contributed by atoms with E-state index in [-0.39, 0.29) is 4.90 Å². The zero-order valence-corrected chi connectivity index (χ0v) is 8.85. The minimum absolute atomic E-state index is 0.131. The molecule has 0 N–H and O–H groups in total. The number of hydrogen-bond donors (Lipinski definition) is 0. The third-order valence-corrected chi connectivity index (χ3v) is 4.00. The summed E-state index contributed by atoms with van der Waals surface area (Å²) in [7, 11) is -3.43. The van der Waals surface area contributed by atoms with E-state index in [1.807, 2.05) is 0 Å². The molecule has 0 bridgehead atoms. The Morgan fingerprint density at radius 3 is 2.40 bits per heavy atom. The Morgan fingerprint density at radius 2 is 1.80 bits per heavy atom. The van der Waals surface area contributed by atoms with Crippen molar-refractivity contribution in [3.05, 3.63) is 18.7 Å². The minimum Gasteiger partial charge on any atom is -0.379 e. The van der Waals surface area contributed by atoms with Gasteiger partial charge in [0.1, 0.15) is 11.2 Å². The Morgan fingerprint density at radius 1 is 1.20 bits per heavy atom. The van der Waals surface area contributed by atoms with Gasteiger partial charge >= 0.3 is 0 Å². The molecule has 1 fully saturated rings. The number of aromatic nitrogens is 2. The zero-order chi connectivity index (χ0) is 10.7. The highest BCUT2D eigenvalue weighted by Crippen LogP contribution is 2.14. The van der Waals surface area contributed by atoms with Crippen LogP contribution in [0.1, 0.15) is 0 Å². The molecule has 1 aromatic heterocycles. The molecule has 7 heteroatoms. The first-order valence-corrected chi connectivity index (χ1v) is 5.98. The van der Waals surface area contributed by atoms with Gasteiger partial charge in [-0.3, -0.25) is 0 Å². The maximum Gasteiger partial charge on any atom is 0.246 e. The highest BCUT2D eigenvalue weighted by molar-refractivity contribution is 7.89. The summed E-state index contributed by atoms with van der Waals surface area (Å²) < 4.78 is 30.4. The zero-order valence-electron chi connectivity index (χ0n) is 8.04. The Labute approximate surface area is 88.0 Å². The van der Waals surface area contributed by atoms with Crippen molar-refractivity contribution in [1.29, 1.82) is 0 Å². The summed E-state index contributed by atoms with van der Waals surface area (Å²) in [6, 6.07) is 0. The van der Waals surface area contributed by atoms with Gasteiger partial charge in [0.05, 0.1) is 25.6 Å². The fourth-order valence-corrected chi connectivity index (χ4v) is 2.67. The molecule has 1 saturated heterocycles. The lowest BCUT2D eigenvalue weighted by atomic mass is 10.5. The molecule has 0 aromatic carbocycles. The van der Waals surface area contributed by atoms with Crippen molar-refractivity contribution in [3.8, 4) is 0 Å². The molecule has 2 rings (SSSR count). The Hall–Kier alpha value is -1.05. The van der Waals surface area contributed by atoms with Crippen LogP contribution < -0.4 is 0 Å². The quantitative estimate of drug-likeness (QED) is 0.683. The number of nitrogens with zero attached hydrogens (tertiary/aromatic N) is 3. The largest absolute Gasteiger partial charge is 0.379 e. The second-order valence-electron chi connectivity index (χ2n) is 3.09. The van der Waals surface area contributed by atoms with E-state index < -0.39 is 10.0 Å². The van der Waals surface area contributed by atoms with Gasteiger partial charge in [-0.05, 0) is 0 Å². The van der Waals surface area contributed by atoms with Gasteiger partial charge < -0.3 is 4.74 Å². The summed E-state index contributed by atoms with van der Waals surface area (Å²) in [6.45, 7) is 1.65. The van der Waals surface area contributed by atoms with Crippen LogP contribution in [0.25, 0.3) is 0 Å². The molecule has 2 heterocycles. The predicted octanol–water partition coefficient (Wildman–Crippen LogP) is -0.502. The van der Waals surface area contributed by atoms with E-state index in [1.54, 1.807) is 0 Å². The van der Waals surface area contributed by atoms with Crippen molar-refractivity contribution in [2.45, 2.75) is 4.90 Å². The molecule has 15 heavy (non-hydrogen) atoms. The topological polar surface area (TPSA) is 72.4 Å². The number of ether oxygens (including phenoxy) is 1. The van der Waals surface area contributed by atoms with Crippen LogP contribution in [0.2, 0.25) is 0 Å². The monoisotopic (exact) mass is 229 g/mol. The lowest BCUT2D eigenvalue weighted by molar-refractivity contribution is 0.0730. The number of rotatable bonds is 2. The molecular weight excluding hydrogens is 218 g/mol. The third kappa shape index (κ3) is 2.14. The first-order valence-electron chi connectivity index (χ1n) is 4.54. The van der Waals surface area contributed by atoms with Crippen LogP contribution in [0.4, 0.5) is 0 Å². The Balaban J connectivity index is 2.26. The summed E-state index contributed by atoms with van der Waals surface area (Å²) >= 11 is 0. The average molecular weight is 229 g/mol. The fourth-order valence-electron chi connectivity index (χ4n) is 1.35. The minimum atomic E-state index is -3.43.